The van der Waals surface area contributed by atoms with Crippen molar-refractivity contribution in [3.8, 4) is 11.5 Å². The molecule has 2 heterocycles. The first-order valence-corrected chi connectivity index (χ1v) is 8.94. The molecule has 1 aromatic carbocycles. The maximum atomic E-state index is 13.7. The molecule has 4 nitrogen and oxygen atoms in total. The summed E-state index contributed by atoms with van der Waals surface area (Å²) in [6, 6.07) is 8.23. The summed E-state index contributed by atoms with van der Waals surface area (Å²) in [4.78, 5) is 4.23. The highest BCUT2D eigenvalue weighted by atomic mass is 32.2. The topological polar surface area (TPSA) is 56.0 Å². The van der Waals surface area contributed by atoms with Gasteiger partial charge in [-0.1, -0.05) is 23.4 Å². The van der Waals surface area contributed by atoms with E-state index in [9.17, 15) is 8.60 Å². The summed E-state index contributed by atoms with van der Waals surface area (Å²) in [7, 11) is -1.33. The molecular weight excluding hydrogens is 323 g/mol. The molecule has 2 aromatic heterocycles. The summed E-state index contributed by atoms with van der Waals surface area (Å²) in [5, 5.41) is 7.22. The van der Waals surface area contributed by atoms with E-state index in [-0.39, 0.29) is 11.6 Å². The fraction of sp³-hybridized carbons (Fsp3) is 0.200. The molecule has 0 saturated heterocycles. The molecule has 0 spiro atoms. The van der Waals surface area contributed by atoms with E-state index >= 15 is 0 Å². The highest BCUT2D eigenvalue weighted by Crippen LogP contribution is 2.25. The second kappa shape index (κ2) is 6.50. The van der Waals surface area contributed by atoms with Crippen LogP contribution in [0.2, 0.25) is 0 Å². The first-order valence-electron chi connectivity index (χ1n) is 6.62. The van der Waals surface area contributed by atoms with Gasteiger partial charge in [0, 0.05) is 21.7 Å². The predicted molar refractivity (Wildman–Crippen MR) is 84.3 cm³/mol. The van der Waals surface area contributed by atoms with Gasteiger partial charge in [-0.05, 0) is 24.4 Å². The molecular formula is C15H13FN2O2S2. The number of aromatic nitrogens is 2. The van der Waals surface area contributed by atoms with Crippen molar-refractivity contribution in [3.63, 3.8) is 0 Å². The Morgan fingerprint density at radius 3 is 2.91 bits per heavy atom. The van der Waals surface area contributed by atoms with Crippen LogP contribution in [0.3, 0.4) is 0 Å². The second-order valence-corrected chi connectivity index (χ2v) is 7.25. The third kappa shape index (κ3) is 3.15. The van der Waals surface area contributed by atoms with Crippen LogP contribution in [0.25, 0.3) is 11.5 Å². The highest BCUT2D eigenvalue weighted by Gasteiger charge is 2.20. The Labute approximate surface area is 133 Å². The van der Waals surface area contributed by atoms with Crippen molar-refractivity contribution < 1.29 is 13.1 Å². The van der Waals surface area contributed by atoms with Gasteiger partial charge in [-0.15, -0.1) is 0 Å². The number of rotatable bonds is 5. The van der Waals surface area contributed by atoms with Crippen LogP contribution in [0.1, 0.15) is 23.6 Å². The molecule has 7 heteroatoms. The fourth-order valence-corrected chi connectivity index (χ4v) is 3.74. The smallest absolute Gasteiger partial charge is 0.258 e. The predicted octanol–water partition coefficient (Wildman–Crippen LogP) is 3.95. The van der Waals surface area contributed by atoms with Crippen molar-refractivity contribution >= 4 is 22.1 Å². The zero-order chi connectivity index (χ0) is 15.5. The van der Waals surface area contributed by atoms with E-state index in [1.165, 1.54) is 17.4 Å². The van der Waals surface area contributed by atoms with Gasteiger partial charge in [-0.3, -0.25) is 4.21 Å². The van der Waals surface area contributed by atoms with Gasteiger partial charge < -0.3 is 4.52 Å². The first-order chi connectivity index (χ1) is 10.6. The second-order valence-electron chi connectivity index (χ2n) is 4.72. The summed E-state index contributed by atoms with van der Waals surface area (Å²) in [5.41, 5.74) is 1.28. The van der Waals surface area contributed by atoms with Crippen molar-refractivity contribution in [2.75, 3.05) is 0 Å². The molecule has 114 valence electrons. The summed E-state index contributed by atoms with van der Waals surface area (Å²) in [5.74, 6) is 0.549. The minimum absolute atomic E-state index is 0.128. The average molecular weight is 336 g/mol. The third-order valence-electron chi connectivity index (χ3n) is 3.25. The first kappa shape index (κ1) is 15.1. The van der Waals surface area contributed by atoms with Crippen molar-refractivity contribution in [2.45, 2.75) is 17.9 Å². The lowest BCUT2D eigenvalue weighted by Crippen LogP contribution is -2.08. The lowest BCUT2D eigenvalue weighted by molar-refractivity contribution is 0.425. The van der Waals surface area contributed by atoms with E-state index < -0.39 is 16.0 Å². The van der Waals surface area contributed by atoms with Crippen molar-refractivity contribution in [1.82, 2.24) is 10.1 Å². The quantitative estimate of drug-likeness (QED) is 0.708. The number of nitrogens with zero attached hydrogens (tertiary/aromatic N) is 2. The van der Waals surface area contributed by atoms with Gasteiger partial charge in [0.25, 0.3) is 5.89 Å². The summed E-state index contributed by atoms with van der Waals surface area (Å²) in [6.07, 6.45) is 0. The molecule has 2 atom stereocenters. The standard InChI is InChI=1S/C15H13FN2O2S2/c1-10(12-4-2-3-5-13(12)16)22(19)9-14-17-15(20-18-14)11-6-7-21-8-11/h2-8,10H,9H2,1H3/t10-,22-/m1/s1. The van der Waals surface area contributed by atoms with Crippen LogP contribution in [-0.2, 0) is 16.6 Å². The van der Waals surface area contributed by atoms with Crippen LogP contribution >= 0.6 is 11.3 Å². The SMILES string of the molecule is C[C@H](c1ccccc1F)[S@](=O)Cc1noc(-c2ccsc2)n1. The Hall–Kier alpha value is -1.86. The third-order valence-corrected chi connectivity index (χ3v) is 5.51. The number of halogens is 1. The van der Waals surface area contributed by atoms with Crippen LogP contribution in [0.5, 0.6) is 0 Å². The Bertz CT molecular complexity index is 786. The zero-order valence-electron chi connectivity index (χ0n) is 11.7. The molecule has 0 fully saturated rings. The number of hydrogen-bond acceptors (Lipinski definition) is 5. The van der Waals surface area contributed by atoms with Gasteiger partial charge in [0.05, 0.1) is 16.6 Å². The maximum absolute atomic E-state index is 13.7. The lowest BCUT2D eigenvalue weighted by atomic mass is 10.1. The molecule has 0 aliphatic rings. The van der Waals surface area contributed by atoms with Gasteiger partial charge in [-0.25, -0.2) is 4.39 Å². The van der Waals surface area contributed by atoms with Gasteiger partial charge in [0.2, 0.25) is 0 Å². The summed E-state index contributed by atoms with van der Waals surface area (Å²) < 4.78 is 31.3. The molecule has 0 radical (unpaired) electrons. The Morgan fingerprint density at radius 1 is 1.36 bits per heavy atom. The molecule has 22 heavy (non-hydrogen) atoms. The zero-order valence-corrected chi connectivity index (χ0v) is 13.4. The fourth-order valence-electron chi connectivity index (χ4n) is 2.01. The Morgan fingerprint density at radius 2 is 2.18 bits per heavy atom. The summed E-state index contributed by atoms with van der Waals surface area (Å²) in [6.45, 7) is 1.73. The van der Waals surface area contributed by atoms with Crippen LogP contribution in [0.15, 0.2) is 45.6 Å². The molecule has 0 saturated carbocycles. The minimum Gasteiger partial charge on any atom is -0.334 e. The van der Waals surface area contributed by atoms with E-state index in [2.05, 4.69) is 10.1 Å². The van der Waals surface area contributed by atoms with E-state index in [1.807, 2.05) is 16.8 Å². The van der Waals surface area contributed by atoms with Crippen molar-refractivity contribution in [1.29, 1.82) is 0 Å². The monoisotopic (exact) mass is 336 g/mol. The molecule has 0 aliphatic carbocycles. The average Bonchev–Trinajstić information content (AvgIpc) is 3.17. The number of thiophene rings is 1. The highest BCUT2D eigenvalue weighted by molar-refractivity contribution is 7.84. The van der Waals surface area contributed by atoms with Crippen molar-refractivity contribution in [2.24, 2.45) is 0 Å². The number of benzene rings is 1. The van der Waals surface area contributed by atoms with Crippen LogP contribution in [-0.4, -0.2) is 14.3 Å². The van der Waals surface area contributed by atoms with Crippen LogP contribution in [0.4, 0.5) is 4.39 Å². The Kier molecular flexibility index (Phi) is 4.44. The minimum atomic E-state index is -1.33. The van der Waals surface area contributed by atoms with E-state index in [0.717, 1.165) is 5.56 Å². The molecule has 0 amide bonds. The lowest BCUT2D eigenvalue weighted by Gasteiger charge is -2.11. The normalized spacial score (nSPS) is 13.9. The van der Waals surface area contributed by atoms with E-state index in [0.29, 0.717) is 17.3 Å². The molecule has 0 bridgehead atoms. The van der Waals surface area contributed by atoms with Gasteiger partial charge in [0.1, 0.15) is 5.82 Å². The maximum Gasteiger partial charge on any atom is 0.258 e. The molecule has 0 aliphatic heterocycles. The largest absolute Gasteiger partial charge is 0.334 e. The molecule has 3 aromatic rings. The molecule has 0 unspecified atom stereocenters. The van der Waals surface area contributed by atoms with Crippen molar-refractivity contribution in [3.05, 3.63) is 58.3 Å². The van der Waals surface area contributed by atoms with Gasteiger partial charge in [0.15, 0.2) is 5.82 Å². The van der Waals surface area contributed by atoms with Gasteiger partial charge >= 0.3 is 0 Å². The Balaban J connectivity index is 1.73. The molecule has 3 rings (SSSR count). The van der Waals surface area contributed by atoms with Gasteiger partial charge in [-0.2, -0.15) is 16.3 Å². The van der Waals surface area contributed by atoms with Crippen LogP contribution < -0.4 is 0 Å². The van der Waals surface area contributed by atoms with Crippen LogP contribution in [0, 0.1) is 5.82 Å². The van der Waals surface area contributed by atoms with E-state index in [1.54, 1.807) is 25.1 Å². The molecule has 0 N–H and O–H groups in total. The summed E-state index contributed by atoms with van der Waals surface area (Å²) >= 11 is 1.53. The van der Waals surface area contributed by atoms with E-state index in [4.69, 9.17) is 4.52 Å². The number of hydrogen-bond donors (Lipinski definition) is 0.